The van der Waals surface area contributed by atoms with Crippen LogP contribution in [0.3, 0.4) is 0 Å². The zero-order valence-electron chi connectivity index (χ0n) is 18.8. The van der Waals surface area contributed by atoms with E-state index in [1.165, 1.54) is 11.3 Å². The maximum Gasteiger partial charge on any atom is 0.229 e. The van der Waals surface area contributed by atoms with Gasteiger partial charge in [0.1, 0.15) is 0 Å². The third-order valence-corrected chi connectivity index (χ3v) is 6.49. The van der Waals surface area contributed by atoms with Crippen LogP contribution in [0.1, 0.15) is 5.56 Å². The molecule has 3 aliphatic heterocycles. The quantitative estimate of drug-likeness (QED) is 0.766. The average molecular weight is 442 g/mol. The molecule has 0 radical (unpaired) electrons. The summed E-state index contributed by atoms with van der Waals surface area (Å²) in [5.74, 6) is 1.16. The number of hydrogen-bond acceptors (Lipinski definition) is 8. The Kier molecular flexibility index (Phi) is 6.27. The predicted molar refractivity (Wildman–Crippen MR) is 126 cm³/mol. The molecule has 32 heavy (non-hydrogen) atoms. The maximum atomic E-state index is 15.6. The second-order valence-corrected chi connectivity index (χ2v) is 8.63. The van der Waals surface area contributed by atoms with Crippen molar-refractivity contribution >= 4 is 23.3 Å². The van der Waals surface area contributed by atoms with Crippen LogP contribution < -0.4 is 24.9 Å². The summed E-state index contributed by atoms with van der Waals surface area (Å²) in [5, 5.41) is 3.33. The number of benzene rings is 1. The molecule has 0 amide bonds. The minimum atomic E-state index is -0.309. The number of nitrogens with one attached hydrogen (secondary N) is 1. The van der Waals surface area contributed by atoms with E-state index in [1.807, 2.05) is 9.80 Å². The van der Waals surface area contributed by atoms with Gasteiger partial charge in [-0.25, -0.2) is 0 Å². The van der Waals surface area contributed by atoms with Gasteiger partial charge in [-0.05, 0) is 19.1 Å². The van der Waals surface area contributed by atoms with Gasteiger partial charge in [-0.15, -0.1) is 0 Å². The molecular weight excluding hydrogens is 409 g/mol. The molecule has 4 heterocycles. The number of halogens is 1. The van der Waals surface area contributed by atoms with Crippen LogP contribution in [-0.2, 0) is 4.74 Å². The summed E-state index contributed by atoms with van der Waals surface area (Å²) in [6, 6.07) is 8.66. The largest absolute Gasteiger partial charge is 0.378 e. The third-order valence-electron chi connectivity index (χ3n) is 6.49. The van der Waals surface area contributed by atoms with E-state index in [9.17, 15) is 0 Å². The fraction of sp³-hybridized carbons (Fsp3) is 0.565. The Labute approximate surface area is 189 Å². The van der Waals surface area contributed by atoms with E-state index in [-0.39, 0.29) is 5.82 Å². The van der Waals surface area contributed by atoms with Crippen LogP contribution in [0.4, 0.5) is 27.7 Å². The number of rotatable bonds is 4. The number of morpholine rings is 1. The molecule has 3 fully saturated rings. The molecule has 0 spiro atoms. The van der Waals surface area contributed by atoms with Gasteiger partial charge in [0.15, 0.2) is 11.6 Å². The number of aromatic nitrogens is 2. The first-order valence-corrected chi connectivity index (χ1v) is 11.6. The summed E-state index contributed by atoms with van der Waals surface area (Å²) in [4.78, 5) is 18.1. The highest BCUT2D eigenvalue weighted by atomic mass is 19.1. The van der Waals surface area contributed by atoms with Crippen LogP contribution in [0.15, 0.2) is 24.3 Å². The minimum absolute atomic E-state index is 0.309. The molecule has 2 aromatic rings. The van der Waals surface area contributed by atoms with Gasteiger partial charge in [-0.2, -0.15) is 14.4 Å². The SMILES string of the molecule is Cc1ccc(N2CCN(c3nc(N4CCNCC4)c(F)c(N4CCOCC4)n3)CC2)cc1. The van der Waals surface area contributed by atoms with Crippen molar-refractivity contribution in [3.05, 3.63) is 35.6 Å². The first-order valence-electron chi connectivity index (χ1n) is 11.6. The van der Waals surface area contributed by atoms with Crippen LogP contribution in [0, 0.1) is 12.7 Å². The summed E-state index contributed by atoms with van der Waals surface area (Å²) in [6.45, 7) is 11.1. The van der Waals surface area contributed by atoms with Crippen LogP contribution in [0.5, 0.6) is 0 Å². The van der Waals surface area contributed by atoms with Gasteiger partial charge in [-0.3, -0.25) is 0 Å². The first kappa shape index (κ1) is 21.2. The average Bonchev–Trinajstić information content (AvgIpc) is 2.86. The van der Waals surface area contributed by atoms with E-state index in [1.54, 1.807) is 0 Å². The maximum absolute atomic E-state index is 15.6. The molecule has 0 bridgehead atoms. The second kappa shape index (κ2) is 9.46. The monoisotopic (exact) mass is 441 g/mol. The molecule has 0 atom stereocenters. The van der Waals surface area contributed by atoms with Crippen molar-refractivity contribution < 1.29 is 9.13 Å². The van der Waals surface area contributed by atoms with Gasteiger partial charge in [0, 0.05) is 71.1 Å². The number of hydrogen-bond donors (Lipinski definition) is 1. The Hall–Kier alpha value is -2.65. The van der Waals surface area contributed by atoms with Crippen LogP contribution in [0.25, 0.3) is 0 Å². The summed E-state index contributed by atoms with van der Waals surface area (Å²) in [6.07, 6.45) is 0. The smallest absolute Gasteiger partial charge is 0.229 e. The zero-order chi connectivity index (χ0) is 21.9. The van der Waals surface area contributed by atoms with E-state index >= 15 is 4.39 Å². The lowest BCUT2D eigenvalue weighted by Gasteiger charge is -2.37. The van der Waals surface area contributed by atoms with Gasteiger partial charge in [0.25, 0.3) is 0 Å². The normalized spacial score (nSPS) is 20.1. The molecule has 9 heteroatoms. The molecule has 3 aliphatic rings. The topological polar surface area (TPSA) is 60.0 Å². The number of aryl methyl sites for hydroxylation is 1. The second-order valence-electron chi connectivity index (χ2n) is 8.63. The van der Waals surface area contributed by atoms with Crippen molar-refractivity contribution in [2.75, 3.05) is 98.3 Å². The number of piperazine rings is 2. The molecule has 3 saturated heterocycles. The molecule has 1 aromatic heterocycles. The minimum Gasteiger partial charge on any atom is -0.378 e. The molecule has 1 aromatic carbocycles. The molecule has 1 N–H and O–H groups in total. The standard InChI is InChI=1S/C23H32FN7O/c1-18-2-4-19(5-3-18)28-10-12-31(13-11-28)23-26-21(29-8-6-25-7-9-29)20(24)22(27-23)30-14-16-32-17-15-30/h2-5,25H,6-17H2,1H3. The predicted octanol–water partition coefficient (Wildman–Crippen LogP) is 1.50. The Morgan fingerprint density at radius 1 is 0.750 bits per heavy atom. The zero-order valence-corrected chi connectivity index (χ0v) is 18.8. The molecule has 5 rings (SSSR count). The van der Waals surface area contributed by atoms with Crippen LogP contribution in [-0.4, -0.2) is 88.6 Å². The van der Waals surface area contributed by atoms with Crippen molar-refractivity contribution in [2.24, 2.45) is 0 Å². The van der Waals surface area contributed by atoms with Gasteiger partial charge < -0.3 is 29.7 Å². The molecule has 0 aliphatic carbocycles. The Morgan fingerprint density at radius 2 is 1.31 bits per heavy atom. The summed E-state index contributed by atoms with van der Waals surface area (Å²) in [5.41, 5.74) is 2.51. The van der Waals surface area contributed by atoms with Gasteiger partial charge in [0.05, 0.1) is 13.2 Å². The Morgan fingerprint density at radius 3 is 1.94 bits per heavy atom. The Balaban J connectivity index is 1.39. The van der Waals surface area contributed by atoms with Crippen molar-refractivity contribution in [1.29, 1.82) is 0 Å². The summed E-state index contributed by atoms with van der Waals surface area (Å²) in [7, 11) is 0. The molecule has 0 saturated carbocycles. The van der Waals surface area contributed by atoms with Crippen molar-refractivity contribution in [1.82, 2.24) is 15.3 Å². The molecular formula is C23H32FN7O. The van der Waals surface area contributed by atoms with Gasteiger partial charge in [0.2, 0.25) is 11.8 Å². The van der Waals surface area contributed by atoms with Crippen LogP contribution in [0.2, 0.25) is 0 Å². The van der Waals surface area contributed by atoms with Crippen molar-refractivity contribution in [2.45, 2.75) is 6.92 Å². The van der Waals surface area contributed by atoms with E-state index in [2.05, 4.69) is 46.3 Å². The van der Waals surface area contributed by atoms with Crippen molar-refractivity contribution in [3.63, 3.8) is 0 Å². The van der Waals surface area contributed by atoms with Gasteiger partial charge in [-0.1, -0.05) is 17.7 Å². The lowest BCUT2D eigenvalue weighted by atomic mass is 10.2. The molecule has 0 unspecified atom stereocenters. The van der Waals surface area contributed by atoms with E-state index < -0.39 is 0 Å². The highest BCUT2D eigenvalue weighted by Crippen LogP contribution is 2.30. The molecule has 8 nitrogen and oxygen atoms in total. The number of nitrogens with zero attached hydrogens (tertiary/aromatic N) is 6. The van der Waals surface area contributed by atoms with E-state index in [0.29, 0.717) is 43.9 Å². The highest BCUT2D eigenvalue weighted by molar-refractivity contribution is 5.58. The molecule has 172 valence electrons. The lowest BCUT2D eigenvalue weighted by molar-refractivity contribution is 0.122. The lowest BCUT2D eigenvalue weighted by Crippen LogP contribution is -2.48. The van der Waals surface area contributed by atoms with Crippen LogP contribution >= 0.6 is 0 Å². The number of anilines is 4. The third kappa shape index (κ3) is 4.45. The number of ether oxygens (including phenoxy) is 1. The first-order chi connectivity index (χ1) is 15.7. The summed E-state index contributed by atoms with van der Waals surface area (Å²) >= 11 is 0. The fourth-order valence-electron chi connectivity index (χ4n) is 4.55. The van der Waals surface area contributed by atoms with E-state index in [0.717, 1.165) is 52.4 Å². The fourth-order valence-corrected chi connectivity index (χ4v) is 4.55. The van der Waals surface area contributed by atoms with E-state index in [4.69, 9.17) is 14.7 Å². The highest BCUT2D eigenvalue weighted by Gasteiger charge is 2.28. The Bertz CT molecular complexity index is 866. The summed E-state index contributed by atoms with van der Waals surface area (Å²) < 4.78 is 21.1. The van der Waals surface area contributed by atoms with Crippen molar-refractivity contribution in [3.8, 4) is 0 Å². The van der Waals surface area contributed by atoms with Gasteiger partial charge >= 0.3 is 0 Å².